The van der Waals surface area contributed by atoms with Crippen LogP contribution in [0.2, 0.25) is 16.6 Å². The van der Waals surface area contributed by atoms with Gasteiger partial charge in [-0.3, -0.25) is 4.79 Å². The van der Waals surface area contributed by atoms with Gasteiger partial charge in [-0.2, -0.15) is 5.54 Å². The summed E-state index contributed by atoms with van der Waals surface area (Å²) in [6.07, 6.45) is 0.427. The van der Waals surface area contributed by atoms with Gasteiger partial charge in [0.15, 0.2) is 0 Å². The Morgan fingerprint density at radius 3 is 1.79 bits per heavy atom. The predicted octanol–water partition coefficient (Wildman–Crippen LogP) is 4.23. The Bertz CT molecular complexity index is 333. The number of hydrogen-bond acceptors (Lipinski definition) is 1. The maximum atomic E-state index is 12.0. The van der Waals surface area contributed by atoms with Gasteiger partial charge in [0.1, 0.15) is 8.07 Å². The van der Waals surface area contributed by atoms with Crippen molar-refractivity contribution in [2.24, 2.45) is 5.92 Å². The summed E-state index contributed by atoms with van der Waals surface area (Å²) in [7, 11) is -1.73. The SMILES string of the molecule is CC(C)[Si](C#CC[C@H](C)C(=O)NF)(C(C)C)C(C)C. The first kappa shape index (κ1) is 18.2. The standard InChI is InChI=1S/C15H28FNOSi/c1-11(2)19(12(3)4,13(5)6)10-8-9-14(7)15(18)17-16/h11-14H,9H2,1-7H3,(H,17,18)/t14-/m0/s1. The second kappa shape index (κ2) is 7.69. The third kappa shape index (κ3) is 4.34. The van der Waals surface area contributed by atoms with E-state index >= 15 is 0 Å². The van der Waals surface area contributed by atoms with Crippen LogP contribution in [0, 0.1) is 17.4 Å². The summed E-state index contributed by atoms with van der Waals surface area (Å²) in [6.45, 7) is 15.2. The van der Waals surface area contributed by atoms with Gasteiger partial charge in [0.2, 0.25) is 0 Å². The summed E-state index contributed by atoms with van der Waals surface area (Å²) in [4.78, 5) is 11.1. The first-order chi connectivity index (χ1) is 8.70. The van der Waals surface area contributed by atoms with Crippen molar-refractivity contribution in [1.82, 2.24) is 5.54 Å². The Morgan fingerprint density at radius 1 is 1.05 bits per heavy atom. The lowest BCUT2D eigenvalue weighted by Gasteiger charge is -2.38. The maximum Gasteiger partial charge on any atom is 0.251 e. The molecule has 0 unspecified atom stereocenters. The number of carbonyl (C=O) groups excluding carboxylic acids is 1. The van der Waals surface area contributed by atoms with Gasteiger partial charge in [-0.15, -0.1) is 15.9 Å². The van der Waals surface area contributed by atoms with E-state index in [0.29, 0.717) is 23.0 Å². The van der Waals surface area contributed by atoms with Gasteiger partial charge >= 0.3 is 0 Å². The lowest BCUT2D eigenvalue weighted by Crippen LogP contribution is -2.43. The van der Waals surface area contributed by atoms with E-state index in [1.165, 1.54) is 5.54 Å². The van der Waals surface area contributed by atoms with Gasteiger partial charge in [-0.25, -0.2) is 0 Å². The van der Waals surface area contributed by atoms with Gasteiger partial charge in [0.05, 0.1) is 0 Å². The van der Waals surface area contributed by atoms with E-state index in [4.69, 9.17) is 0 Å². The summed E-state index contributed by atoms with van der Waals surface area (Å²) in [5.41, 5.74) is 6.44. The summed E-state index contributed by atoms with van der Waals surface area (Å²) >= 11 is 0. The van der Waals surface area contributed by atoms with Crippen molar-refractivity contribution in [2.45, 2.75) is 71.5 Å². The number of rotatable bonds is 5. The monoisotopic (exact) mass is 285 g/mol. The minimum absolute atomic E-state index is 0.393. The van der Waals surface area contributed by atoms with Crippen LogP contribution in [0.3, 0.4) is 0 Å². The molecule has 0 heterocycles. The van der Waals surface area contributed by atoms with E-state index in [0.717, 1.165) is 0 Å². The molecule has 0 saturated carbocycles. The van der Waals surface area contributed by atoms with Gasteiger partial charge in [0, 0.05) is 12.3 Å². The van der Waals surface area contributed by atoms with Crippen LogP contribution in [-0.4, -0.2) is 14.0 Å². The lowest BCUT2D eigenvalue weighted by atomic mass is 10.1. The van der Waals surface area contributed by atoms with Crippen molar-refractivity contribution < 1.29 is 9.28 Å². The quantitative estimate of drug-likeness (QED) is 0.457. The Labute approximate surface area is 118 Å². The minimum Gasteiger partial charge on any atom is -0.272 e. The topological polar surface area (TPSA) is 29.1 Å². The molecule has 0 aliphatic carbocycles. The number of amides is 1. The fraction of sp³-hybridized carbons (Fsp3) is 0.800. The maximum absolute atomic E-state index is 12.0. The van der Waals surface area contributed by atoms with Crippen LogP contribution < -0.4 is 5.54 Å². The van der Waals surface area contributed by atoms with E-state index in [1.807, 2.05) is 0 Å². The second-order valence-corrected chi connectivity index (χ2v) is 11.8. The molecule has 19 heavy (non-hydrogen) atoms. The molecule has 0 aliphatic heterocycles. The normalized spacial score (nSPS) is 13.4. The molecule has 0 radical (unpaired) electrons. The molecule has 0 aliphatic rings. The van der Waals surface area contributed by atoms with Crippen molar-refractivity contribution >= 4 is 14.0 Å². The molecule has 0 aromatic rings. The predicted molar refractivity (Wildman–Crippen MR) is 81.9 cm³/mol. The van der Waals surface area contributed by atoms with Crippen LogP contribution >= 0.6 is 0 Å². The Morgan fingerprint density at radius 2 is 1.47 bits per heavy atom. The summed E-state index contributed by atoms with van der Waals surface area (Å²) in [6, 6.07) is 0. The molecule has 110 valence electrons. The molecule has 0 spiro atoms. The highest BCUT2D eigenvalue weighted by Gasteiger charge is 2.41. The third-order valence-electron chi connectivity index (χ3n) is 4.12. The molecule has 0 aromatic heterocycles. The Hall–Kier alpha value is -0.823. The fourth-order valence-corrected chi connectivity index (χ4v) is 8.25. The van der Waals surface area contributed by atoms with Crippen LogP contribution in [0.25, 0.3) is 0 Å². The zero-order valence-corrected chi connectivity index (χ0v) is 14.3. The van der Waals surface area contributed by atoms with Crippen LogP contribution in [0.15, 0.2) is 0 Å². The molecule has 0 saturated heterocycles. The summed E-state index contributed by atoms with van der Waals surface area (Å²) < 4.78 is 12.0. The molecule has 1 amide bonds. The second-order valence-electron chi connectivity index (χ2n) is 6.26. The highest BCUT2D eigenvalue weighted by atomic mass is 28.3. The zero-order valence-electron chi connectivity index (χ0n) is 13.3. The molecule has 1 N–H and O–H groups in total. The number of hydrogen-bond donors (Lipinski definition) is 1. The van der Waals surface area contributed by atoms with E-state index in [9.17, 15) is 9.28 Å². The molecule has 0 bridgehead atoms. The van der Waals surface area contributed by atoms with Crippen molar-refractivity contribution in [1.29, 1.82) is 0 Å². The van der Waals surface area contributed by atoms with E-state index in [2.05, 4.69) is 53.0 Å². The molecular formula is C15H28FNOSi. The highest BCUT2D eigenvalue weighted by Crippen LogP contribution is 2.40. The number of nitrogens with one attached hydrogen (secondary N) is 1. The van der Waals surface area contributed by atoms with Crippen LogP contribution in [0.1, 0.15) is 54.9 Å². The van der Waals surface area contributed by atoms with E-state index in [-0.39, 0.29) is 0 Å². The molecule has 0 aromatic carbocycles. The van der Waals surface area contributed by atoms with E-state index in [1.54, 1.807) is 6.92 Å². The minimum atomic E-state index is -1.73. The smallest absolute Gasteiger partial charge is 0.251 e. The Kier molecular flexibility index (Phi) is 7.36. The third-order valence-corrected chi connectivity index (χ3v) is 10.5. The van der Waals surface area contributed by atoms with Crippen LogP contribution in [0.5, 0.6) is 0 Å². The van der Waals surface area contributed by atoms with Crippen LogP contribution in [0.4, 0.5) is 4.48 Å². The molecule has 0 rings (SSSR count). The average Bonchev–Trinajstić information content (AvgIpc) is 2.31. The average molecular weight is 285 g/mol. The molecule has 2 nitrogen and oxygen atoms in total. The summed E-state index contributed by atoms with van der Waals surface area (Å²) in [5.74, 6) is 2.19. The molecule has 1 atom stereocenters. The molecule has 0 fully saturated rings. The molecule has 4 heteroatoms. The summed E-state index contributed by atoms with van der Waals surface area (Å²) in [5, 5.41) is 0. The largest absolute Gasteiger partial charge is 0.272 e. The fourth-order valence-electron chi connectivity index (χ4n) is 2.98. The number of carbonyl (C=O) groups is 1. The Balaban J connectivity index is 5.11. The van der Waals surface area contributed by atoms with Crippen LogP contribution in [-0.2, 0) is 4.79 Å². The van der Waals surface area contributed by atoms with E-state index < -0.39 is 19.9 Å². The zero-order chi connectivity index (χ0) is 15.2. The highest BCUT2D eigenvalue weighted by molar-refractivity contribution is 6.90. The first-order valence-corrected chi connectivity index (χ1v) is 9.33. The van der Waals surface area contributed by atoms with Crippen molar-refractivity contribution in [2.75, 3.05) is 0 Å². The van der Waals surface area contributed by atoms with Gasteiger partial charge < -0.3 is 0 Å². The molecular weight excluding hydrogens is 257 g/mol. The van der Waals surface area contributed by atoms with Crippen molar-refractivity contribution in [3.63, 3.8) is 0 Å². The van der Waals surface area contributed by atoms with Gasteiger partial charge in [-0.05, 0) is 16.6 Å². The van der Waals surface area contributed by atoms with Gasteiger partial charge in [0.25, 0.3) is 5.91 Å². The number of halogens is 1. The van der Waals surface area contributed by atoms with Crippen molar-refractivity contribution in [3.8, 4) is 11.5 Å². The lowest BCUT2D eigenvalue weighted by molar-refractivity contribution is -0.128. The van der Waals surface area contributed by atoms with Crippen molar-refractivity contribution in [3.05, 3.63) is 0 Å². The van der Waals surface area contributed by atoms with Gasteiger partial charge in [-0.1, -0.05) is 48.5 Å². The first-order valence-electron chi connectivity index (χ1n) is 7.10.